The number of benzene rings is 2. The van der Waals surface area contributed by atoms with Crippen LogP contribution in [0.4, 0.5) is 10.1 Å². The topological polar surface area (TPSA) is 99.7 Å². The van der Waals surface area contributed by atoms with Crippen molar-refractivity contribution in [3.63, 3.8) is 0 Å². The van der Waals surface area contributed by atoms with Crippen LogP contribution in [0.1, 0.15) is 27.8 Å². The van der Waals surface area contributed by atoms with Crippen molar-refractivity contribution in [3.8, 4) is 11.3 Å². The van der Waals surface area contributed by atoms with Crippen LogP contribution in [0, 0.1) is 15.9 Å². The molecule has 7 nitrogen and oxygen atoms in total. The van der Waals surface area contributed by atoms with Gasteiger partial charge in [-0.25, -0.2) is 9.18 Å². The third-order valence-electron chi connectivity index (χ3n) is 3.95. The van der Waals surface area contributed by atoms with Crippen LogP contribution in [-0.4, -0.2) is 22.8 Å². The standard InChI is InChI=1S/C20H14FNO6/c1-12(19(23)14-2-6-15(21)7-3-14)27-20(24)18-11-10-17(28-18)13-4-8-16(9-5-13)22(25)26/h2-12H,1H3/t12-/m1/s1. The van der Waals surface area contributed by atoms with Gasteiger partial charge in [-0.1, -0.05) is 0 Å². The van der Waals surface area contributed by atoms with Crippen LogP contribution in [0.5, 0.6) is 0 Å². The van der Waals surface area contributed by atoms with Gasteiger partial charge in [-0.3, -0.25) is 14.9 Å². The molecular formula is C20H14FNO6. The fourth-order valence-corrected chi connectivity index (χ4v) is 2.47. The lowest BCUT2D eigenvalue weighted by atomic mass is 10.1. The number of rotatable bonds is 6. The number of hydrogen-bond donors (Lipinski definition) is 0. The van der Waals surface area contributed by atoms with Crippen molar-refractivity contribution in [3.05, 3.63) is 87.9 Å². The Morgan fingerprint density at radius 3 is 2.29 bits per heavy atom. The van der Waals surface area contributed by atoms with Gasteiger partial charge < -0.3 is 9.15 Å². The molecule has 1 heterocycles. The first-order valence-electron chi connectivity index (χ1n) is 8.20. The Balaban J connectivity index is 1.69. The van der Waals surface area contributed by atoms with Gasteiger partial charge in [0.25, 0.3) is 5.69 Å². The highest BCUT2D eigenvalue weighted by molar-refractivity contribution is 6.01. The SMILES string of the molecule is C[C@@H](OC(=O)c1ccc(-c2ccc([N+](=O)[O-])cc2)o1)C(=O)c1ccc(F)cc1. The molecule has 0 saturated carbocycles. The van der Waals surface area contributed by atoms with Crippen molar-refractivity contribution in [2.24, 2.45) is 0 Å². The highest BCUT2D eigenvalue weighted by atomic mass is 19.1. The molecule has 142 valence electrons. The number of nitro benzene ring substituents is 1. The summed E-state index contributed by atoms with van der Waals surface area (Å²) in [7, 11) is 0. The van der Waals surface area contributed by atoms with Crippen LogP contribution in [0.15, 0.2) is 65.1 Å². The van der Waals surface area contributed by atoms with Crippen LogP contribution < -0.4 is 0 Å². The van der Waals surface area contributed by atoms with E-state index in [1.165, 1.54) is 55.5 Å². The molecule has 0 aliphatic heterocycles. The summed E-state index contributed by atoms with van der Waals surface area (Å²) >= 11 is 0. The summed E-state index contributed by atoms with van der Waals surface area (Å²) in [6.45, 7) is 1.41. The first kappa shape index (κ1) is 19.0. The number of esters is 1. The van der Waals surface area contributed by atoms with Crippen LogP contribution in [0.3, 0.4) is 0 Å². The van der Waals surface area contributed by atoms with Gasteiger partial charge in [0.1, 0.15) is 11.6 Å². The molecule has 1 atom stereocenters. The molecule has 2 aromatic carbocycles. The summed E-state index contributed by atoms with van der Waals surface area (Å²) in [6.07, 6.45) is -1.09. The molecule has 0 radical (unpaired) electrons. The van der Waals surface area contributed by atoms with E-state index < -0.39 is 28.6 Å². The maximum Gasteiger partial charge on any atom is 0.374 e. The highest BCUT2D eigenvalue weighted by Gasteiger charge is 2.22. The number of Topliss-reactive ketones (excluding diaryl/α,β-unsaturated/α-hetero) is 1. The Kier molecular flexibility index (Phi) is 5.30. The number of carbonyl (C=O) groups is 2. The molecular weight excluding hydrogens is 369 g/mol. The van der Waals surface area contributed by atoms with Gasteiger partial charge in [-0.2, -0.15) is 0 Å². The number of nitro groups is 1. The molecule has 3 rings (SSSR count). The number of carbonyl (C=O) groups excluding carboxylic acids is 2. The van der Waals surface area contributed by atoms with Gasteiger partial charge in [-0.05, 0) is 55.5 Å². The van der Waals surface area contributed by atoms with Gasteiger partial charge in [0.05, 0.1) is 4.92 Å². The summed E-state index contributed by atoms with van der Waals surface area (Å²) < 4.78 is 23.5. The zero-order valence-electron chi connectivity index (χ0n) is 14.6. The second-order valence-electron chi connectivity index (χ2n) is 5.89. The van der Waals surface area contributed by atoms with E-state index in [-0.39, 0.29) is 17.0 Å². The van der Waals surface area contributed by atoms with Crippen LogP contribution in [-0.2, 0) is 4.74 Å². The minimum atomic E-state index is -1.09. The molecule has 8 heteroatoms. The second-order valence-corrected chi connectivity index (χ2v) is 5.89. The van der Waals surface area contributed by atoms with Crippen LogP contribution in [0.2, 0.25) is 0 Å². The third-order valence-corrected chi connectivity index (χ3v) is 3.95. The predicted molar refractivity (Wildman–Crippen MR) is 96.4 cm³/mol. The molecule has 0 aliphatic carbocycles. The molecule has 0 aliphatic rings. The number of hydrogen-bond acceptors (Lipinski definition) is 6. The lowest BCUT2D eigenvalue weighted by Gasteiger charge is -2.11. The molecule has 0 saturated heterocycles. The Labute approximate surface area is 158 Å². The molecule has 0 N–H and O–H groups in total. The van der Waals surface area contributed by atoms with Crippen molar-refractivity contribution in [1.29, 1.82) is 0 Å². The number of furan rings is 1. The van der Waals surface area contributed by atoms with E-state index in [1.807, 2.05) is 0 Å². The van der Waals surface area contributed by atoms with E-state index in [9.17, 15) is 24.1 Å². The van der Waals surface area contributed by atoms with E-state index >= 15 is 0 Å². The number of halogens is 1. The summed E-state index contributed by atoms with van der Waals surface area (Å²) in [5, 5.41) is 10.7. The van der Waals surface area contributed by atoms with Crippen molar-refractivity contribution in [2.75, 3.05) is 0 Å². The summed E-state index contributed by atoms with van der Waals surface area (Å²) in [5.41, 5.74) is 0.691. The maximum absolute atomic E-state index is 12.9. The van der Waals surface area contributed by atoms with Gasteiger partial charge in [0, 0.05) is 23.3 Å². The molecule has 3 aromatic rings. The van der Waals surface area contributed by atoms with E-state index in [1.54, 1.807) is 0 Å². The van der Waals surface area contributed by atoms with E-state index in [2.05, 4.69) is 0 Å². The minimum Gasteiger partial charge on any atom is -0.449 e. The number of ether oxygens (including phenoxy) is 1. The summed E-state index contributed by atoms with van der Waals surface area (Å²) in [4.78, 5) is 34.6. The van der Waals surface area contributed by atoms with Gasteiger partial charge in [0.15, 0.2) is 6.10 Å². The second kappa shape index (κ2) is 7.83. The van der Waals surface area contributed by atoms with Gasteiger partial charge >= 0.3 is 5.97 Å². The Hall–Kier alpha value is -3.81. The first-order chi connectivity index (χ1) is 13.3. The van der Waals surface area contributed by atoms with Crippen molar-refractivity contribution in [1.82, 2.24) is 0 Å². The van der Waals surface area contributed by atoms with Crippen molar-refractivity contribution < 1.29 is 28.1 Å². The molecule has 0 fully saturated rings. The highest BCUT2D eigenvalue weighted by Crippen LogP contribution is 2.25. The van der Waals surface area contributed by atoms with Crippen LogP contribution in [0.25, 0.3) is 11.3 Å². The number of non-ortho nitro benzene ring substituents is 1. The molecule has 28 heavy (non-hydrogen) atoms. The number of nitrogens with zero attached hydrogens (tertiary/aromatic N) is 1. The lowest BCUT2D eigenvalue weighted by Crippen LogP contribution is -2.24. The average molecular weight is 383 g/mol. The van der Waals surface area contributed by atoms with Gasteiger partial charge in [0.2, 0.25) is 11.5 Å². The Morgan fingerprint density at radius 2 is 1.68 bits per heavy atom. The molecule has 1 aromatic heterocycles. The Bertz CT molecular complexity index is 1020. The zero-order chi connectivity index (χ0) is 20.3. The fourth-order valence-electron chi connectivity index (χ4n) is 2.47. The molecule has 0 spiro atoms. The first-order valence-corrected chi connectivity index (χ1v) is 8.20. The smallest absolute Gasteiger partial charge is 0.374 e. The normalized spacial score (nSPS) is 11.6. The van der Waals surface area contributed by atoms with Crippen LogP contribution >= 0.6 is 0 Å². The van der Waals surface area contributed by atoms with Gasteiger partial charge in [-0.15, -0.1) is 0 Å². The molecule has 0 unspecified atom stereocenters. The van der Waals surface area contributed by atoms with E-state index in [0.29, 0.717) is 11.3 Å². The van der Waals surface area contributed by atoms with E-state index in [0.717, 1.165) is 12.1 Å². The zero-order valence-corrected chi connectivity index (χ0v) is 14.6. The lowest BCUT2D eigenvalue weighted by molar-refractivity contribution is -0.384. The largest absolute Gasteiger partial charge is 0.449 e. The Morgan fingerprint density at radius 1 is 1.04 bits per heavy atom. The molecule has 0 bridgehead atoms. The molecule has 0 amide bonds. The third kappa shape index (κ3) is 4.12. The quantitative estimate of drug-likeness (QED) is 0.270. The predicted octanol–water partition coefficient (Wildman–Crippen LogP) is 4.42. The fraction of sp³-hybridized carbons (Fsp3) is 0.100. The maximum atomic E-state index is 12.9. The van der Waals surface area contributed by atoms with Crippen molar-refractivity contribution >= 4 is 17.4 Å². The monoisotopic (exact) mass is 383 g/mol. The summed E-state index contributed by atoms with van der Waals surface area (Å²) in [6, 6.07) is 13.4. The minimum absolute atomic E-state index is 0.0666. The number of ketones is 1. The average Bonchev–Trinajstić information content (AvgIpc) is 3.18. The van der Waals surface area contributed by atoms with Crippen molar-refractivity contribution in [2.45, 2.75) is 13.0 Å². The van der Waals surface area contributed by atoms with E-state index in [4.69, 9.17) is 9.15 Å². The summed E-state index contributed by atoms with van der Waals surface area (Å²) in [5.74, 6) is -1.59.